The maximum atomic E-state index is 15.1. The van der Waals surface area contributed by atoms with Crippen molar-refractivity contribution in [2.24, 2.45) is 0 Å². The second-order valence-corrected chi connectivity index (χ2v) is 13.2. The van der Waals surface area contributed by atoms with E-state index in [1.54, 1.807) is 0 Å². The van der Waals surface area contributed by atoms with Crippen molar-refractivity contribution >= 4 is 34.7 Å². The van der Waals surface area contributed by atoms with E-state index in [0.29, 0.717) is 12.1 Å². The molecule has 0 fully saturated rings. The van der Waals surface area contributed by atoms with Gasteiger partial charge < -0.3 is 4.74 Å². The summed E-state index contributed by atoms with van der Waals surface area (Å²) in [5, 5.41) is 17.9. The number of alkyl halides is 9. The van der Waals surface area contributed by atoms with Gasteiger partial charge in [-0.05, 0) is 100 Å². The standard InChI is InChI=1S/C34H11F13N4OS2/c1-12-20(35)4-13(5-21(12)36)25-19(31(50-2)51-3)9-18-27(25)29(53-33(42,43)44)17-8-16(15(10-48)11-49)24(26(17)30(18)54-34(45,46)47)14-6-22(37)28(23(38)7-14)52-32(39,40)41/h4-7H,8-9H2,1H3. The molecule has 20 heteroatoms. The Hall–Kier alpha value is -5.57. The Bertz CT molecular complexity index is 2460. The lowest BCUT2D eigenvalue weighted by Gasteiger charge is -2.18. The van der Waals surface area contributed by atoms with Crippen LogP contribution in [0.4, 0.5) is 57.1 Å². The van der Waals surface area contributed by atoms with Crippen LogP contribution in [0.2, 0.25) is 0 Å². The SMILES string of the molecule is [C-]#[N+]C([N+]#[C-])=C1Cc2c(SC(F)(F)F)c3c(c(SC(F)(F)F)c2=C1c1cc(F)c(C)c(F)c1)CC(=C(C#N)C#N)C=3c1cc(F)c(OC(F)(F)F)c(F)c1. The third-order valence-electron chi connectivity index (χ3n) is 7.93. The third kappa shape index (κ3) is 7.45. The number of hydrogen-bond acceptors (Lipinski definition) is 5. The fourth-order valence-corrected chi connectivity index (χ4v) is 7.74. The van der Waals surface area contributed by atoms with Crippen LogP contribution in [0, 0.1) is 66.0 Å². The van der Waals surface area contributed by atoms with Crippen molar-refractivity contribution in [3.05, 3.63) is 131 Å². The van der Waals surface area contributed by atoms with Gasteiger partial charge >= 0.3 is 23.2 Å². The Morgan fingerprint density at radius 2 is 1.07 bits per heavy atom. The van der Waals surface area contributed by atoms with E-state index in [-0.39, 0.29) is 12.1 Å². The largest absolute Gasteiger partial charge is 0.573 e. The van der Waals surface area contributed by atoms with E-state index in [1.807, 2.05) is 0 Å². The Balaban J connectivity index is 2.16. The second kappa shape index (κ2) is 14.0. The third-order valence-corrected chi connectivity index (χ3v) is 9.71. The number of rotatable bonds is 5. The molecule has 0 spiro atoms. The average molecular weight is 803 g/mol. The fraction of sp³-hybridized carbons (Fsp3) is 0.176. The summed E-state index contributed by atoms with van der Waals surface area (Å²) in [7, 11) is 0. The molecule has 0 unspecified atom stereocenters. The van der Waals surface area contributed by atoms with E-state index in [9.17, 15) is 58.8 Å². The first-order valence-electron chi connectivity index (χ1n) is 14.2. The van der Waals surface area contributed by atoms with Crippen molar-refractivity contribution in [3.63, 3.8) is 0 Å². The zero-order chi connectivity index (χ0) is 40.2. The number of allylic oxidation sites excluding steroid dienone is 3. The van der Waals surface area contributed by atoms with Crippen molar-refractivity contribution in [1.29, 1.82) is 10.5 Å². The van der Waals surface area contributed by atoms with Gasteiger partial charge in [-0.2, -0.15) is 46.6 Å². The normalized spacial score (nSPS) is 13.9. The predicted molar refractivity (Wildman–Crippen MR) is 165 cm³/mol. The molecular formula is C34H11F13N4OS2. The van der Waals surface area contributed by atoms with E-state index in [4.69, 9.17) is 13.1 Å². The molecule has 276 valence electrons. The van der Waals surface area contributed by atoms with E-state index < -0.39 is 164 Å². The Kier molecular flexibility index (Phi) is 10.3. The minimum Gasteiger partial charge on any atom is -0.399 e. The lowest BCUT2D eigenvalue weighted by atomic mass is 9.95. The van der Waals surface area contributed by atoms with E-state index in [1.165, 1.54) is 12.1 Å². The van der Waals surface area contributed by atoms with Crippen LogP contribution in [0.5, 0.6) is 5.75 Å². The number of hydrogen-bond donors (Lipinski definition) is 0. The van der Waals surface area contributed by atoms with Crippen LogP contribution in [-0.4, -0.2) is 17.4 Å². The molecule has 0 amide bonds. The van der Waals surface area contributed by atoms with Gasteiger partial charge in [-0.3, -0.25) is 0 Å². The van der Waals surface area contributed by atoms with Crippen LogP contribution in [0.15, 0.2) is 56.6 Å². The highest BCUT2D eigenvalue weighted by molar-refractivity contribution is 8.00. The molecule has 0 saturated heterocycles. The van der Waals surface area contributed by atoms with Gasteiger partial charge in [0, 0.05) is 32.2 Å². The molecule has 0 bridgehead atoms. The molecule has 5 rings (SSSR count). The van der Waals surface area contributed by atoms with Gasteiger partial charge in [0.05, 0.1) is 5.57 Å². The molecule has 2 aliphatic carbocycles. The molecule has 3 aromatic carbocycles. The molecule has 0 aromatic heterocycles. The number of nitrogens with zero attached hydrogens (tertiary/aromatic N) is 4. The maximum absolute atomic E-state index is 15.1. The van der Waals surface area contributed by atoms with E-state index in [2.05, 4.69) is 14.4 Å². The number of thioether (sulfide) groups is 2. The van der Waals surface area contributed by atoms with Crippen molar-refractivity contribution < 1.29 is 61.8 Å². The lowest BCUT2D eigenvalue weighted by Crippen LogP contribution is -2.27. The number of nitriles is 2. The Morgan fingerprint density at radius 1 is 0.685 bits per heavy atom. The van der Waals surface area contributed by atoms with E-state index >= 15 is 8.78 Å². The van der Waals surface area contributed by atoms with Crippen LogP contribution >= 0.6 is 23.5 Å². The lowest BCUT2D eigenvalue weighted by molar-refractivity contribution is -0.276. The summed E-state index contributed by atoms with van der Waals surface area (Å²) in [6.45, 7) is 16.0. The maximum Gasteiger partial charge on any atom is 0.573 e. The molecule has 0 aliphatic heterocycles. The fourth-order valence-electron chi connectivity index (χ4n) is 6.03. The van der Waals surface area contributed by atoms with Gasteiger partial charge in [0.2, 0.25) is 5.75 Å². The summed E-state index contributed by atoms with van der Waals surface area (Å²) in [5.74, 6) is -9.61. The summed E-state index contributed by atoms with van der Waals surface area (Å²) in [5.41, 5.74) is -17.8. The minimum absolute atomic E-state index is 0.142. The van der Waals surface area contributed by atoms with Gasteiger partial charge in [-0.25, -0.2) is 17.6 Å². The zero-order valence-electron chi connectivity index (χ0n) is 26.2. The van der Waals surface area contributed by atoms with Crippen LogP contribution in [0.25, 0.3) is 20.8 Å². The summed E-state index contributed by atoms with van der Waals surface area (Å²) < 4.78 is 189. The topological polar surface area (TPSA) is 65.5 Å². The second-order valence-electron chi connectivity index (χ2n) is 11.0. The first-order valence-corrected chi connectivity index (χ1v) is 15.9. The van der Waals surface area contributed by atoms with Gasteiger partial charge in [0.1, 0.15) is 42.5 Å². The molecule has 5 nitrogen and oxygen atoms in total. The first-order chi connectivity index (χ1) is 25.0. The molecule has 0 atom stereocenters. The van der Waals surface area contributed by atoms with Gasteiger partial charge in [-0.1, -0.05) is 0 Å². The van der Waals surface area contributed by atoms with Crippen molar-refractivity contribution in [2.45, 2.75) is 46.9 Å². The van der Waals surface area contributed by atoms with Gasteiger partial charge in [-0.15, -0.1) is 13.2 Å². The molecule has 0 saturated carbocycles. The molecule has 2 aliphatic rings. The van der Waals surface area contributed by atoms with Crippen LogP contribution in [0.1, 0.15) is 27.8 Å². The summed E-state index contributed by atoms with van der Waals surface area (Å²) in [6, 6.07) is 4.34. The highest BCUT2D eigenvalue weighted by Crippen LogP contribution is 2.48. The average Bonchev–Trinajstić information content (AvgIpc) is 3.63. The van der Waals surface area contributed by atoms with Gasteiger partial charge in [0.25, 0.3) is 0 Å². The highest BCUT2D eigenvalue weighted by Gasteiger charge is 2.43. The summed E-state index contributed by atoms with van der Waals surface area (Å²) >= 11 is -1.93. The Morgan fingerprint density at radius 3 is 1.44 bits per heavy atom. The molecule has 0 N–H and O–H groups in total. The minimum atomic E-state index is -5.64. The van der Waals surface area contributed by atoms with Crippen molar-refractivity contribution in [2.75, 3.05) is 0 Å². The summed E-state index contributed by atoms with van der Waals surface area (Å²) in [6.07, 6.45) is -7.62. The predicted octanol–water partition coefficient (Wildman–Crippen LogP) is 9.58. The first kappa shape index (κ1) is 39.6. The number of ether oxygens (including phenoxy) is 1. The van der Waals surface area contributed by atoms with E-state index in [0.717, 1.165) is 6.92 Å². The Labute approximate surface area is 302 Å². The number of halogens is 13. The molecule has 54 heavy (non-hydrogen) atoms. The van der Waals surface area contributed by atoms with Gasteiger partial charge in [0.15, 0.2) is 11.6 Å². The van der Waals surface area contributed by atoms with Crippen LogP contribution < -0.4 is 15.2 Å². The van der Waals surface area contributed by atoms with Crippen molar-refractivity contribution in [3.8, 4) is 17.9 Å². The molecule has 0 heterocycles. The monoisotopic (exact) mass is 802 g/mol. The van der Waals surface area contributed by atoms with Crippen LogP contribution in [0.3, 0.4) is 0 Å². The highest BCUT2D eigenvalue weighted by atomic mass is 32.2. The smallest absolute Gasteiger partial charge is 0.399 e. The van der Waals surface area contributed by atoms with Crippen LogP contribution in [-0.2, 0) is 12.8 Å². The zero-order valence-corrected chi connectivity index (χ0v) is 27.8. The molecule has 0 radical (unpaired) electrons. The quantitative estimate of drug-likeness (QED) is 0.111. The molecular weight excluding hydrogens is 792 g/mol. The van der Waals surface area contributed by atoms with Crippen molar-refractivity contribution in [1.82, 2.24) is 0 Å². The summed E-state index contributed by atoms with van der Waals surface area (Å²) in [4.78, 5) is 4.03. The number of fused-ring (bicyclic) bond motifs is 2. The molecule has 3 aromatic rings. The number of benzene rings is 3.